The number of aromatic nitrogens is 3. The lowest BCUT2D eigenvalue weighted by molar-refractivity contribution is 0.0600. The van der Waals surface area contributed by atoms with Crippen LogP contribution in [0.5, 0.6) is 5.88 Å². The quantitative estimate of drug-likeness (QED) is 0.676. The van der Waals surface area contributed by atoms with Crippen LogP contribution >= 0.6 is 12.2 Å². The summed E-state index contributed by atoms with van der Waals surface area (Å²) in [6.45, 7) is 0. The predicted molar refractivity (Wildman–Crippen MR) is 66.6 cm³/mol. The summed E-state index contributed by atoms with van der Waals surface area (Å²) in [6.07, 6.45) is 1.48. The fourth-order valence-corrected chi connectivity index (χ4v) is 1.73. The molecule has 2 heterocycles. The fourth-order valence-electron chi connectivity index (χ4n) is 1.44. The number of pyridine rings is 1. The average Bonchev–Trinajstić information content (AvgIpc) is 2.80. The molecule has 18 heavy (non-hydrogen) atoms. The minimum Gasteiger partial charge on any atom is -0.481 e. The minimum atomic E-state index is -0.488. The number of methoxy groups -OCH3 is 2. The lowest BCUT2D eigenvalue weighted by Crippen LogP contribution is -2.03. The van der Waals surface area contributed by atoms with E-state index in [0.717, 1.165) is 0 Å². The molecule has 0 aromatic carbocycles. The summed E-state index contributed by atoms with van der Waals surface area (Å²) in [4.78, 5) is 15.6. The maximum Gasteiger partial charge on any atom is 0.342 e. The van der Waals surface area contributed by atoms with Gasteiger partial charge in [0, 0.05) is 12.3 Å². The molecular weight excluding hydrogens is 254 g/mol. The summed E-state index contributed by atoms with van der Waals surface area (Å²) >= 11 is 5.18. The highest BCUT2D eigenvalue weighted by molar-refractivity contribution is 7.71. The lowest BCUT2D eigenvalue weighted by atomic mass is 10.4. The molecule has 0 fully saturated rings. The lowest BCUT2D eigenvalue weighted by Gasteiger charge is -2.03. The zero-order valence-corrected chi connectivity index (χ0v) is 10.7. The van der Waals surface area contributed by atoms with Crippen LogP contribution in [0.1, 0.15) is 10.4 Å². The fraction of sp³-hybridized carbons (Fsp3) is 0.182. The molecule has 0 aliphatic carbocycles. The van der Waals surface area contributed by atoms with Crippen LogP contribution in [0, 0.1) is 4.64 Å². The molecule has 0 unspecified atom stereocenters. The van der Waals surface area contributed by atoms with E-state index >= 15 is 0 Å². The molecule has 0 aliphatic heterocycles. The van der Waals surface area contributed by atoms with Crippen molar-refractivity contribution < 1.29 is 14.3 Å². The van der Waals surface area contributed by atoms with Crippen molar-refractivity contribution in [2.75, 3.05) is 14.2 Å². The number of nitrogens with one attached hydrogen (secondary N) is 1. The molecule has 94 valence electrons. The van der Waals surface area contributed by atoms with Crippen molar-refractivity contribution in [2.24, 2.45) is 0 Å². The molecular formula is C11H11N3O3S. The molecule has 2 rings (SSSR count). The molecule has 0 spiro atoms. The molecule has 0 amide bonds. The molecule has 2 aromatic heterocycles. The van der Waals surface area contributed by atoms with Gasteiger partial charge < -0.3 is 9.47 Å². The predicted octanol–water partition coefficient (Wildman–Crippen LogP) is 1.73. The second-order valence-corrected chi connectivity index (χ2v) is 3.74. The average molecular weight is 265 g/mol. The molecule has 0 bridgehead atoms. The SMILES string of the molecule is COC(=O)c1c[nH]n(-c2cccc(OC)n2)c1=S. The van der Waals surface area contributed by atoms with Gasteiger partial charge in [-0.25, -0.2) is 9.48 Å². The van der Waals surface area contributed by atoms with Crippen LogP contribution in [0.15, 0.2) is 24.4 Å². The Hall–Kier alpha value is -2.15. The number of H-pyrrole nitrogens is 1. The van der Waals surface area contributed by atoms with Crippen LogP contribution in [-0.4, -0.2) is 35.0 Å². The number of aromatic amines is 1. The normalized spacial score (nSPS) is 10.1. The Kier molecular flexibility index (Phi) is 3.42. The third-order valence-corrected chi connectivity index (χ3v) is 2.73. The van der Waals surface area contributed by atoms with Crippen LogP contribution < -0.4 is 4.74 Å². The van der Waals surface area contributed by atoms with E-state index in [4.69, 9.17) is 17.0 Å². The molecule has 1 N–H and O–H groups in total. The van der Waals surface area contributed by atoms with Gasteiger partial charge in [-0.15, -0.1) is 0 Å². The van der Waals surface area contributed by atoms with Crippen LogP contribution in [0.25, 0.3) is 5.82 Å². The number of nitrogens with zero attached hydrogens (tertiary/aromatic N) is 2. The number of rotatable bonds is 3. The summed E-state index contributed by atoms with van der Waals surface area (Å²) < 4.78 is 11.5. The van der Waals surface area contributed by atoms with E-state index in [1.54, 1.807) is 18.2 Å². The van der Waals surface area contributed by atoms with Gasteiger partial charge in [-0.3, -0.25) is 5.10 Å². The highest BCUT2D eigenvalue weighted by Crippen LogP contribution is 2.13. The summed E-state index contributed by atoms with van der Waals surface area (Å²) in [7, 11) is 2.83. The molecule has 0 atom stereocenters. The first-order valence-corrected chi connectivity index (χ1v) is 5.48. The van der Waals surface area contributed by atoms with E-state index in [1.807, 2.05) is 0 Å². The van der Waals surface area contributed by atoms with Gasteiger partial charge in [0.2, 0.25) is 5.88 Å². The molecule has 0 saturated heterocycles. The van der Waals surface area contributed by atoms with E-state index in [2.05, 4.69) is 14.8 Å². The number of hydrogen-bond acceptors (Lipinski definition) is 5. The molecule has 6 nitrogen and oxygen atoms in total. The summed E-state index contributed by atoms with van der Waals surface area (Å²) in [5.74, 6) is 0.510. The second-order valence-electron chi connectivity index (χ2n) is 3.36. The Labute approximate surface area is 108 Å². The van der Waals surface area contributed by atoms with Crippen LogP contribution in [-0.2, 0) is 4.74 Å². The van der Waals surface area contributed by atoms with Crippen LogP contribution in [0.2, 0.25) is 0 Å². The van der Waals surface area contributed by atoms with Gasteiger partial charge in [0.05, 0.1) is 14.2 Å². The molecule has 0 radical (unpaired) electrons. The first-order valence-electron chi connectivity index (χ1n) is 5.07. The van der Waals surface area contributed by atoms with E-state index < -0.39 is 5.97 Å². The minimum absolute atomic E-state index is 0.289. The van der Waals surface area contributed by atoms with Gasteiger partial charge in [0.15, 0.2) is 5.82 Å². The molecule has 0 saturated carbocycles. The monoisotopic (exact) mass is 265 g/mol. The van der Waals surface area contributed by atoms with E-state index in [-0.39, 0.29) is 5.56 Å². The van der Waals surface area contributed by atoms with Gasteiger partial charge in [-0.2, -0.15) is 4.98 Å². The van der Waals surface area contributed by atoms with Gasteiger partial charge in [-0.1, -0.05) is 18.3 Å². The smallest absolute Gasteiger partial charge is 0.342 e. The maximum atomic E-state index is 11.4. The summed E-state index contributed by atoms with van der Waals surface area (Å²) in [6, 6.07) is 5.24. The Balaban J connectivity index is 2.49. The van der Waals surface area contributed by atoms with E-state index in [0.29, 0.717) is 16.3 Å². The number of ether oxygens (including phenoxy) is 2. The van der Waals surface area contributed by atoms with Crippen molar-refractivity contribution in [1.29, 1.82) is 0 Å². The molecule has 0 aliphatic rings. The van der Waals surface area contributed by atoms with Gasteiger partial charge >= 0.3 is 5.97 Å². The zero-order valence-electron chi connectivity index (χ0n) is 9.84. The standard InChI is InChI=1S/C11H11N3O3S/c1-16-9-5-3-4-8(13-9)14-10(18)7(6-12-14)11(15)17-2/h3-6,12H,1-2H3. The van der Waals surface area contributed by atoms with Crippen molar-refractivity contribution in [3.63, 3.8) is 0 Å². The Morgan fingerprint density at radius 1 is 1.44 bits per heavy atom. The molecule has 7 heteroatoms. The van der Waals surface area contributed by atoms with Crippen molar-refractivity contribution in [3.05, 3.63) is 34.6 Å². The number of esters is 1. The largest absolute Gasteiger partial charge is 0.481 e. The number of carbonyl (C=O) groups is 1. The van der Waals surface area contributed by atoms with Crippen molar-refractivity contribution >= 4 is 18.2 Å². The summed E-state index contributed by atoms with van der Waals surface area (Å²) in [5.41, 5.74) is 0.289. The van der Waals surface area contributed by atoms with Crippen molar-refractivity contribution in [3.8, 4) is 11.7 Å². The van der Waals surface area contributed by atoms with Gasteiger partial charge in [0.1, 0.15) is 10.2 Å². The first kappa shape index (κ1) is 12.3. The summed E-state index contributed by atoms with van der Waals surface area (Å²) in [5, 5.41) is 2.85. The second kappa shape index (κ2) is 5.01. The van der Waals surface area contributed by atoms with Crippen molar-refractivity contribution in [2.45, 2.75) is 0 Å². The third kappa shape index (κ3) is 2.12. The van der Waals surface area contributed by atoms with Gasteiger partial charge in [-0.05, 0) is 6.07 Å². The van der Waals surface area contributed by atoms with Crippen molar-refractivity contribution in [1.82, 2.24) is 14.8 Å². The van der Waals surface area contributed by atoms with Gasteiger partial charge in [0.25, 0.3) is 0 Å². The Bertz CT molecular complexity index is 632. The number of carbonyl (C=O) groups excluding carboxylic acids is 1. The maximum absolute atomic E-state index is 11.4. The Morgan fingerprint density at radius 2 is 2.22 bits per heavy atom. The topological polar surface area (TPSA) is 69.1 Å². The zero-order chi connectivity index (χ0) is 13.1. The van der Waals surface area contributed by atoms with E-state index in [1.165, 1.54) is 25.1 Å². The third-order valence-electron chi connectivity index (χ3n) is 2.32. The highest BCUT2D eigenvalue weighted by Gasteiger charge is 2.13. The van der Waals surface area contributed by atoms with E-state index in [9.17, 15) is 4.79 Å². The first-order chi connectivity index (χ1) is 8.67. The highest BCUT2D eigenvalue weighted by atomic mass is 32.1. The molecule has 2 aromatic rings. The van der Waals surface area contributed by atoms with Crippen LogP contribution in [0.3, 0.4) is 0 Å². The Morgan fingerprint density at radius 3 is 2.89 bits per heavy atom. The number of hydrogen-bond donors (Lipinski definition) is 1. The van der Waals surface area contributed by atoms with Crippen LogP contribution in [0.4, 0.5) is 0 Å².